The molecule has 5 heteroatoms. The van der Waals surface area contributed by atoms with Crippen molar-refractivity contribution in [1.82, 2.24) is 15.2 Å². The molecule has 1 aromatic heterocycles. The number of hydrogen-bond acceptors (Lipinski definition) is 4. The topological polar surface area (TPSA) is 70.7 Å². The summed E-state index contributed by atoms with van der Waals surface area (Å²) in [7, 11) is 0. The van der Waals surface area contributed by atoms with E-state index in [2.05, 4.69) is 27.4 Å². The Morgan fingerprint density at radius 3 is 3.00 bits per heavy atom. The lowest BCUT2D eigenvalue weighted by molar-refractivity contribution is 0.683. The van der Waals surface area contributed by atoms with Gasteiger partial charge < -0.3 is 5.32 Å². The summed E-state index contributed by atoms with van der Waals surface area (Å²) in [5, 5.41) is 8.91. The van der Waals surface area contributed by atoms with Crippen LogP contribution in [0.1, 0.15) is 32.6 Å². The Hall–Kier alpha value is -1.39. The quantitative estimate of drug-likeness (QED) is 0.670. The lowest BCUT2D eigenvalue weighted by atomic mass is 10.2. The van der Waals surface area contributed by atoms with Crippen molar-refractivity contribution in [3.8, 4) is 0 Å². The van der Waals surface area contributed by atoms with Gasteiger partial charge in [-0.05, 0) is 6.42 Å². The number of nitrogens with one attached hydrogen (secondary N) is 2. The highest BCUT2D eigenvalue weighted by Gasteiger charge is 1.93. The van der Waals surface area contributed by atoms with E-state index < -0.39 is 5.69 Å². The first-order valence-corrected chi connectivity index (χ1v) is 4.98. The van der Waals surface area contributed by atoms with E-state index in [1.807, 2.05) is 0 Å². The van der Waals surface area contributed by atoms with Crippen molar-refractivity contribution < 1.29 is 0 Å². The molecule has 0 aliphatic heterocycles. The highest BCUT2D eigenvalue weighted by Crippen LogP contribution is 2.00. The molecule has 2 N–H and O–H groups in total. The SMILES string of the molecule is CCCCCCNc1cn[nH]c(=O)n1. The van der Waals surface area contributed by atoms with Gasteiger partial charge in [0, 0.05) is 6.54 Å². The summed E-state index contributed by atoms with van der Waals surface area (Å²) in [4.78, 5) is 14.5. The average molecular weight is 196 g/mol. The van der Waals surface area contributed by atoms with Gasteiger partial charge in [-0.25, -0.2) is 9.89 Å². The molecular formula is C9H16N4O. The van der Waals surface area contributed by atoms with Crippen LogP contribution in [0.3, 0.4) is 0 Å². The second kappa shape index (κ2) is 6.12. The predicted molar refractivity (Wildman–Crippen MR) is 55.3 cm³/mol. The van der Waals surface area contributed by atoms with E-state index in [4.69, 9.17) is 0 Å². The number of hydrogen-bond donors (Lipinski definition) is 2. The minimum absolute atomic E-state index is 0.413. The van der Waals surface area contributed by atoms with Crippen LogP contribution in [0, 0.1) is 0 Å². The zero-order chi connectivity index (χ0) is 10.2. The zero-order valence-corrected chi connectivity index (χ0v) is 8.42. The van der Waals surface area contributed by atoms with E-state index in [0.29, 0.717) is 5.82 Å². The standard InChI is InChI=1S/C9H16N4O/c1-2-3-4-5-6-10-8-7-11-13-9(14)12-8/h7H,2-6H2,1H3,(H2,10,12,13,14). The molecule has 1 heterocycles. The smallest absolute Gasteiger partial charge is 0.363 e. The Bertz CT molecular complexity index is 310. The van der Waals surface area contributed by atoms with Crippen LogP contribution in [0.25, 0.3) is 0 Å². The number of rotatable bonds is 6. The number of unbranched alkanes of at least 4 members (excludes halogenated alkanes) is 3. The molecule has 0 spiro atoms. The van der Waals surface area contributed by atoms with Crippen LogP contribution < -0.4 is 11.0 Å². The maximum Gasteiger partial charge on any atom is 0.363 e. The summed E-state index contributed by atoms with van der Waals surface area (Å²) in [6.07, 6.45) is 6.30. The third-order valence-electron chi connectivity index (χ3n) is 1.91. The molecule has 0 saturated carbocycles. The van der Waals surface area contributed by atoms with E-state index in [-0.39, 0.29) is 0 Å². The van der Waals surface area contributed by atoms with Crippen LogP contribution in [0.2, 0.25) is 0 Å². The largest absolute Gasteiger partial charge is 0.369 e. The molecule has 14 heavy (non-hydrogen) atoms. The molecule has 0 amide bonds. The molecule has 0 saturated heterocycles. The van der Waals surface area contributed by atoms with Crippen molar-refractivity contribution in [1.29, 1.82) is 0 Å². The van der Waals surface area contributed by atoms with Crippen LogP contribution in [-0.4, -0.2) is 21.7 Å². The lowest BCUT2D eigenvalue weighted by Gasteiger charge is -2.02. The van der Waals surface area contributed by atoms with Gasteiger partial charge in [0.1, 0.15) is 0 Å². The van der Waals surface area contributed by atoms with Gasteiger partial charge in [-0.15, -0.1) is 0 Å². The first-order valence-electron chi connectivity index (χ1n) is 4.98. The molecule has 0 aliphatic rings. The fourth-order valence-corrected chi connectivity index (χ4v) is 1.17. The van der Waals surface area contributed by atoms with Crippen molar-refractivity contribution in [2.24, 2.45) is 0 Å². The van der Waals surface area contributed by atoms with Gasteiger partial charge in [0.15, 0.2) is 5.82 Å². The number of anilines is 1. The predicted octanol–water partition coefficient (Wildman–Crippen LogP) is 1.16. The van der Waals surface area contributed by atoms with Gasteiger partial charge >= 0.3 is 5.69 Å². The van der Waals surface area contributed by atoms with Gasteiger partial charge in [-0.1, -0.05) is 26.2 Å². The molecular weight excluding hydrogens is 180 g/mol. The monoisotopic (exact) mass is 196 g/mol. The molecule has 0 bridgehead atoms. The Balaban J connectivity index is 2.21. The van der Waals surface area contributed by atoms with E-state index in [0.717, 1.165) is 13.0 Å². The minimum Gasteiger partial charge on any atom is -0.369 e. The van der Waals surface area contributed by atoms with Crippen molar-refractivity contribution in [2.45, 2.75) is 32.6 Å². The van der Waals surface area contributed by atoms with Crippen LogP contribution in [0.15, 0.2) is 11.0 Å². The molecule has 0 fully saturated rings. The van der Waals surface area contributed by atoms with Crippen molar-refractivity contribution >= 4 is 5.82 Å². The summed E-state index contributed by atoms with van der Waals surface area (Å²) < 4.78 is 0. The summed E-state index contributed by atoms with van der Waals surface area (Å²) >= 11 is 0. The summed E-state index contributed by atoms with van der Waals surface area (Å²) in [6, 6.07) is 0. The fraction of sp³-hybridized carbons (Fsp3) is 0.667. The average Bonchev–Trinajstić information content (AvgIpc) is 2.18. The Morgan fingerprint density at radius 2 is 2.29 bits per heavy atom. The van der Waals surface area contributed by atoms with Crippen LogP contribution in [0.5, 0.6) is 0 Å². The maximum absolute atomic E-state index is 10.8. The lowest BCUT2D eigenvalue weighted by Crippen LogP contribution is -2.15. The number of H-pyrrole nitrogens is 1. The van der Waals surface area contributed by atoms with Gasteiger partial charge in [-0.2, -0.15) is 10.1 Å². The van der Waals surface area contributed by atoms with Crippen LogP contribution in [0.4, 0.5) is 5.82 Å². The van der Waals surface area contributed by atoms with Gasteiger partial charge in [0.05, 0.1) is 6.20 Å². The van der Waals surface area contributed by atoms with E-state index in [9.17, 15) is 4.79 Å². The number of nitrogens with zero attached hydrogens (tertiary/aromatic N) is 2. The van der Waals surface area contributed by atoms with E-state index in [1.54, 1.807) is 0 Å². The summed E-state index contributed by atoms with van der Waals surface area (Å²) in [5.41, 5.74) is -0.413. The molecule has 0 aliphatic carbocycles. The molecule has 1 rings (SSSR count). The van der Waals surface area contributed by atoms with Crippen molar-refractivity contribution in [3.05, 3.63) is 16.7 Å². The molecule has 0 aromatic carbocycles. The highest BCUT2D eigenvalue weighted by atomic mass is 16.1. The zero-order valence-electron chi connectivity index (χ0n) is 8.42. The highest BCUT2D eigenvalue weighted by molar-refractivity contribution is 5.28. The van der Waals surface area contributed by atoms with Crippen LogP contribution >= 0.6 is 0 Å². The Morgan fingerprint density at radius 1 is 1.43 bits per heavy atom. The number of aromatic nitrogens is 3. The van der Waals surface area contributed by atoms with Crippen LogP contribution in [-0.2, 0) is 0 Å². The van der Waals surface area contributed by atoms with E-state index >= 15 is 0 Å². The second-order valence-electron chi connectivity index (χ2n) is 3.16. The first kappa shape index (κ1) is 10.7. The molecule has 5 nitrogen and oxygen atoms in total. The van der Waals surface area contributed by atoms with E-state index in [1.165, 1.54) is 25.5 Å². The maximum atomic E-state index is 10.8. The number of aromatic amines is 1. The van der Waals surface area contributed by atoms with Gasteiger partial charge in [0.2, 0.25) is 0 Å². The molecule has 1 aromatic rings. The Kier molecular flexibility index (Phi) is 4.68. The Labute approximate surface area is 83.0 Å². The second-order valence-corrected chi connectivity index (χ2v) is 3.16. The molecule has 78 valence electrons. The van der Waals surface area contributed by atoms with Gasteiger partial charge in [0.25, 0.3) is 0 Å². The van der Waals surface area contributed by atoms with Gasteiger partial charge in [-0.3, -0.25) is 0 Å². The van der Waals surface area contributed by atoms with Crippen molar-refractivity contribution in [3.63, 3.8) is 0 Å². The molecule has 0 radical (unpaired) electrons. The first-order chi connectivity index (χ1) is 6.83. The molecule has 0 unspecified atom stereocenters. The third-order valence-corrected chi connectivity index (χ3v) is 1.91. The summed E-state index contributed by atoms with van der Waals surface area (Å²) in [6.45, 7) is 3.02. The fourth-order valence-electron chi connectivity index (χ4n) is 1.17. The minimum atomic E-state index is -0.413. The normalized spacial score (nSPS) is 10.1. The summed E-state index contributed by atoms with van der Waals surface area (Å²) in [5.74, 6) is 0.547. The van der Waals surface area contributed by atoms with Crippen molar-refractivity contribution in [2.75, 3.05) is 11.9 Å². The third kappa shape index (κ3) is 4.02. The molecule has 0 atom stereocenters.